The third-order valence-electron chi connectivity index (χ3n) is 3.30. The molecule has 1 heterocycles. The molecule has 22 heavy (non-hydrogen) atoms. The van der Waals surface area contributed by atoms with Gasteiger partial charge >= 0.3 is 6.18 Å². The number of nitrogens with zero attached hydrogens (tertiary/aromatic N) is 1. The number of halogens is 5. The van der Waals surface area contributed by atoms with Crippen molar-refractivity contribution < 1.29 is 21.6 Å². The lowest BCUT2D eigenvalue weighted by atomic mass is 10.1. The molecule has 0 aromatic heterocycles. The first-order valence-electron chi connectivity index (χ1n) is 6.25. The summed E-state index contributed by atoms with van der Waals surface area (Å²) < 4.78 is 64.3. The van der Waals surface area contributed by atoms with Gasteiger partial charge in [0.1, 0.15) is 0 Å². The lowest BCUT2D eigenvalue weighted by Gasteiger charge is -2.30. The second-order valence-electron chi connectivity index (χ2n) is 4.90. The number of sulfonamides is 1. The number of hydrogen-bond donors (Lipinski definition) is 1. The van der Waals surface area contributed by atoms with E-state index in [1.165, 1.54) is 0 Å². The van der Waals surface area contributed by atoms with Crippen LogP contribution < -0.4 is 5.73 Å². The van der Waals surface area contributed by atoms with E-state index in [1.54, 1.807) is 0 Å². The van der Waals surface area contributed by atoms with E-state index in [9.17, 15) is 21.6 Å². The molecule has 0 unspecified atom stereocenters. The van der Waals surface area contributed by atoms with E-state index in [4.69, 9.17) is 17.3 Å². The Morgan fingerprint density at radius 1 is 1.32 bits per heavy atom. The minimum absolute atomic E-state index is 0. The van der Waals surface area contributed by atoms with Gasteiger partial charge in [0.25, 0.3) is 0 Å². The van der Waals surface area contributed by atoms with Crippen molar-refractivity contribution in [3.63, 3.8) is 0 Å². The van der Waals surface area contributed by atoms with Gasteiger partial charge in [0.15, 0.2) is 0 Å². The molecule has 10 heteroatoms. The van der Waals surface area contributed by atoms with Crippen LogP contribution in [0.25, 0.3) is 0 Å². The monoisotopic (exact) mass is 378 g/mol. The van der Waals surface area contributed by atoms with E-state index < -0.39 is 31.7 Å². The fourth-order valence-electron chi connectivity index (χ4n) is 2.22. The smallest absolute Gasteiger partial charge is 0.327 e. The average Bonchev–Trinajstić information content (AvgIpc) is 2.37. The Labute approximate surface area is 137 Å². The molecule has 0 spiro atoms. The zero-order chi connectivity index (χ0) is 15.8. The van der Waals surface area contributed by atoms with E-state index in [0.717, 1.165) is 16.4 Å². The van der Waals surface area contributed by atoms with Crippen LogP contribution in [0, 0.1) is 0 Å². The van der Waals surface area contributed by atoms with Crippen molar-refractivity contribution in [2.75, 3.05) is 13.1 Å². The highest BCUT2D eigenvalue weighted by Crippen LogP contribution is 2.36. The third kappa shape index (κ3) is 4.05. The van der Waals surface area contributed by atoms with Gasteiger partial charge in [-0.2, -0.15) is 17.5 Å². The van der Waals surface area contributed by atoms with Crippen LogP contribution in [0.15, 0.2) is 23.1 Å². The molecule has 1 aliphatic heterocycles. The topological polar surface area (TPSA) is 63.4 Å². The summed E-state index contributed by atoms with van der Waals surface area (Å²) in [7, 11) is -4.00. The minimum atomic E-state index is -4.71. The van der Waals surface area contributed by atoms with Crippen LogP contribution in [0.1, 0.15) is 18.4 Å². The molecule has 1 aromatic carbocycles. The zero-order valence-corrected chi connectivity index (χ0v) is 13.7. The van der Waals surface area contributed by atoms with Gasteiger partial charge in [0.2, 0.25) is 10.0 Å². The fourth-order valence-corrected chi connectivity index (χ4v) is 4.01. The first kappa shape index (κ1) is 19.5. The maximum atomic E-state index is 12.8. The van der Waals surface area contributed by atoms with Crippen LogP contribution >= 0.6 is 24.0 Å². The van der Waals surface area contributed by atoms with Crippen molar-refractivity contribution in [2.24, 2.45) is 5.73 Å². The summed E-state index contributed by atoms with van der Waals surface area (Å²) in [5.74, 6) is 0. The van der Waals surface area contributed by atoms with E-state index in [0.29, 0.717) is 18.9 Å². The quantitative estimate of drug-likeness (QED) is 0.860. The number of benzene rings is 1. The van der Waals surface area contributed by atoms with Crippen LogP contribution in [-0.4, -0.2) is 31.9 Å². The van der Waals surface area contributed by atoms with Gasteiger partial charge < -0.3 is 5.73 Å². The molecule has 1 aliphatic rings. The molecule has 1 atom stereocenters. The molecule has 2 N–H and O–H groups in total. The number of rotatable bonds is 2. The highest BCUT2D eigenvalue weighted by atomic mass is 35.5. The van der Waals surface area contributed by atoms with E-state index in [-0.39, 0.29) is 31.5 Å². The second-order valence-corrected chi connectivity index (χ2v) is 7.25. The Morgan fingerprint density at radius 3 is 2.50 bits per heavy atom. The predicted molar refractivity (Wildman–Crippen MR) is 79.7 cm³/mol. The Balaban J connectivity index is 0.00000242. The van der Waals surface area contributed by atoms with E-state index in [1.807, 2.05) is 0 Å². The normalized spacial score (nSPS) is 20.5. The standard InChI is InChI=1S/C12H14ClF3N2O2S.ClH/c13-11-4-3-9(6-10(11)12(14,15)16)21(19,20)18-5-1-2-8(17)7-18;/h3-4,6,8H,1-2,5,7,17H2;1H/t8-;/m1./s1. The van der Waals surface area contributed by atoms with Crippen LogP contribution in [0.4, 0.5) is 13.2 Å². The van der Waals surface area contributed by atoms with Gasteiger partial charge in [-0.05, 0) is 31.0 Å². The summed E-state index contributed by atoms with van der Waals surface area (Å²) in [5.41, 5.74) is 4.56. The van der Waals surface area contributed by atoms with Crippen LogP contribution in [0.5, 0.6) is 0 Å². The molecule has 0 aliphatic carbocycles. The molecule has 1 saturated heterocycles. The molecule has 1 fully saturated rings. The third-order valence-corrected chi connectivity index (χ3v) is 5.49. The van der Waals surface area contributed by atoms with Gasteiger partial charge in [-0.25, -0.2) is 8.42 Å². The molecular weight excluding hydrogens is 364 g/mol. The van der Waals surface area contributed by atoms with Crippen LogP contribution in [0.3, 0.4) is 0 Å². The van der Waals surface area contributed by atoms with Crippen molar-refractivity contribution >= 4 is 34.0 Å². The molecule has 0 saturated carbocycles. The highest BCUT2D eigenvalue weighted by Gasteiger charge is 2.36. The summed E-state index contributed by atoms with van der Waals surface area (Å²) >= 11 is 5.49. The number of piperidine rings is 1. The van der Waals surface area contributed by atoms with Gasteiger partial charge in [0.05, 0.1) is 15.5 Å². The largest absolute Gasteiger partial charge is 0.417 e. The minimum Gasteiger partial charge on any atom is -0.327 e. The van der Waals surface area contributed by atoms with Crippen molar-refractivity contribution in [3.05, 3.63) is 28.8 Å². The van der Waals surface area contributed by atoms with E-state index >= 15 is 0 Å². The van der Waals surface area contributed by atoms with Crippen LogP contribution in [0.2, 0.25) is 5.02 Å². The zero-order valence-electron chi connectivity index (χ0n) is 11.3. The first-order chi connectivity index (χ1) is 9.62. The Kier molecular flexibility index (Phi) is 6.14. The molecule has 0 amide bonds. The van der Waals surface area contributed by atoms with E-state index in [2.05, 4.69) is 0 Å². The summed E-state index contributed by atoms with van der Waals surface area (Å²) in [6, 6.07) is 2.29. The molecule has 126 valence electrons. The predicted octanol–water partition coefficient (Wildman–Crippen LogP) is 2.89. The first-order valence-corrected chi connectivity index (χ1v) is 8.06. The summed E-state index contributed by atoms with van der Waals surface area (Å²) in [5, 5.41) is -0.531. The second kappa shape index (κ2) is 6.92. The fraction of sp³-hybridized carbons (Fsp3) is 0.500. The van der Waals surface area contributed by atoms with Gasteiger partial charge in [-0.1, -0.05) is 11.6 Å². The molecular formula is C12H15Cl2F3N2O2S. The highest BCUT2D eigenvalue weighted by molar-refractivity contribution is 7.89. The molecule has 4 nitrogen and oxygen atoms in total. The lowest BCUT2D eigenvalue weighted by Crippen LogP contribution is -2.45. The van der Waals surface area contributed by atoms with Gasteiger partial charge in [-0.15, -0.1) is 12.4 Å². The SMILES string of the molecule is Cl.N[C@@H]1CCCN(S(=O)(=O)c2ccc(Cl)c(C(F)(F)F)c2)C1. The average molecular weight is 379 g/mol. The molecule has 0 bridgehead atoms. The van der Waals surface area contributed by atoms with Crippen molar-refractivity contribution in [2.45, 2.75) is 30.0 Å². The molecule has 2 rings (SSSR count). The molecule has 1 aromatic rings. The van der Waals surface area contributed by atoms with Crippen LogP contribution in [-0.2, 0) is 16.2 Å². The Hall–Kier alpha value is -0.540. The van der Waals surface area contributed by atoms with Crippen molar-refractivity contribution in [3.8, 4) is 0 Å². The summed E-state index contributed by atoms with van der Waals surface area (Å²) in [6.45, 7) is 0.353. The number of hydrogen-bond acceptors (Lipinski definition) is 3. The Morgan fingerprint density at radius 2 is 1.95 bits per heavy atom. The Bertz CT molecular complexity index is 638. The van der Waals surface area contributed by atoms with Gasteiger partial charge in [0, 0.05) is 19.1 Å². The summed E-state index contributed by atoms with van der Waals surface area (Å²) in [6.07, 6.45) is -3.43. The number of nitrogens with two attached hydrogens (primary N) is 1. The summed E-state index contributed by atoms with van der Waals surface area (Å²) in [4.78, 5) is -0.423. The lowest BCUT2D eigenvalue weighted by molar-refractivity contribution is -0.137. The maximum absolute atomic E-state index is 12.8. The van der Waals surface area contributed by atoms with Crippen molar-refractivity contribution in [1.29, 1.82) is 0 Å². The maximum Gasteiger partial charge on any atom is 0.417 e. The van der Waals surface area contributed by atoms with Gasteiger partial charge in [-0.3, -0.25) is 0 Å². The van der Waals surface area contributed by atoms with Crippen molar-refractivity contribution in [1.82, 2.24) is 4.31 Å². The number of alkyl halides is 3. The molecule has 0 radical (unpaired) electrons.